The van der Waals surface area contributed by atoms with Gasteiger partial charge < -0.3 is 19.4 Å². The van der Waals surface area contributed by atoms with Crippen molar-refractivity contribution in [3.63, 3.8) is 0 Å². The van der Waals surface area contributed by atoms with E-state index in [9.17, 15) is 13.2 Å². The summed E-state index contributed by atoms with van der Waals surface area (Å²) in [6.45, 7) is 9.75. The number of rotatable bonds is 10. The van der Waals surface area contributed by atoms with Crippen molar-refractivity contribution in [2.75, 3.05) is 53.0 Å². The SMILES string of the molecule is COc1ccc(S(=O)(=O)N2Cc3c(c4ccccc4n3CC(=O)NCCCN3CCOCC3)C(C)(C)C2)cc1.O=CNO. The van der Waals surface area contributed by atoms with Crippen molar-refractivity contribution in [2.45, 2.75) is 43.7 Å². The molecule has 0 bridgehead atoms. The number of fused-ring (bicyclic) bond motifs is 3. The van der Waals surface area contributed by atoms with E-state index in [2.05, 4.69) is 30.1 Å². The fourth-order valence-corrected chi connectivity index (χ4v) is 7.38. The molecule has 3 N–H and O–H groups in total. The number of nitrogens with zero attached hydrogens (tertiary/aromatic N) is 3. The second-order valence-electron chi connectivity index (χ2n) is 11.2. The molecular weight excluding hydrogens is 574 g/mol. The number of nitrogens with one attached hydrogen (secondary N) is 2. The van der Waals surface area contributed by atoms with Crippen LogP contribution in [0.2, 0.25) is 0 Å². The molecule has 0 unspecified atom stereocenters. The summed E-state index contributed by atoms with van der Waals surface area (Å²) in [5.74, 6) is 0.528. The number of methoxy groups -OCH3 is 1. The van der Waals surface area contributed by atoms with E-state index in [-0.39, 0.29) is 30.3 Å². The summed E-state index contributed by atoms with van der Waals surface area (Å²) in [6.07, 6.45) is 1.05. The first-order valence-corrected chi connectivity index (χ1v) is 15.7. The number of amides is 2. The smallest absolute Gasteiger partial charge is 0.243 e. The van der Waals surface area contributed by atoms with Crippen LogP contribution in [0.4, 0.5) is 0 Å². The monoisotopic (exact) mass is 615 g/mol. The highest BCUT2D eigenvalue weighted by Gasteiger charge is 2.41. The summed E-state index contributed by atoms with van der Waals surface area (Å²) >= 11 is 0. The second kappa shape index (κ2) is 14.3. The third-order valence-electron chi connectivity index (χ3n) is 7.78. The van der Waals surface area contributed by atoms with Gasteiger partial charge in [-0.3, -0.25) is 19.7 Å². The summed E-state index contributed by atoms with van der Waals surface area (Å²) in [5, 5.41) is 11.4. The maximum atomic E-state index is 13.7. The number of hydroxylamine groups is 1. The van der Waals surface area contributed by atoms with Gasteiger partial charge in [-0.15, -0.1) is 0 Å². The maximum absolute atomic E-state index is 13.7. The number of morpholine rings is 1. The van der Waals surface area contributed by atoms with Crippen LogP contribution < -0.4 is 15.5 Å². The number of hydrogen-bond donors (Lipinski definition) is 3. The molecule has 0 atom stereocenters. The summed E-state index contributed by atoms with van der Waals surface area (Å²) in [5.41, 5.74) is 3.72. The molecule has 0 radical (unpaired) electrons. The van der Waals surface area contributed by atoms with E-state index >= 15 is 0 Å². The average Bonchev–Trinajstić information content (AvgIpc) is 3.33. The van der Waals surface area contributed by atoms with Gasteiger partial charge in [0.1, 0.15) is 12.3 Å². The van der Waals surface area contributed by atoms with Crippen LogP contribution >= 0.6 is 0 Å². The predicted octanol–water partition coefficient (Wildman–Crippen LogP) is 2.09. The molecule has 5 rings (SSSR count). The van der Waals surface area contributed by atoms with Crippen LogP contribution in [0.25, 0.3) is 10.9 Å². The molecule has 0 aliphatic carbocycles. The Morgan fingerprint density at radius 3 is 2.44 bits per heavy atom. The zero-order valence-corrected chi connectivity index (χ0v) is 25.7. The van der Waals surface area contributed by atoms with Gasteiger partial charge in [0.25, 0.3) is 0 Å². The normalized spacial score (nSPS) is 16.9. The Morgan fingerprint density at radius 1 is 1.12 bits per heavy atom. The van der Waals surface area contributed by atoms with Gasteiger partial charge in [0.2, 0.25) is 22.3 Å². The van der Waals surface area contributed by atoms with E-state index in [0.29, 0.717) is 18.8 Å². The quantitative estimate of drug-likeness (QED) is 0.136. The number of hydrogen-bond acceptors (Lipinski definition) is 8. The molecule has 13 heteroatoms. The van der Waals surface area contributed by atoms with Crippen molar-refractivity contribution in [3.05, 3.63) is 59.8 Å². The van der Waals surface area contributed by atoms with Crippen molar-refractivity contribution in [3.8, 4) is 5.75 Å². The molecule has 2 aliphatic rings. The zero-order chi connectivity index (χ0) is 31.0. The van der Waals surface area contributed by atoms with Gasteiger partial charge in [0.15, 0.2) is 0 Å². The lowest BCUT2D eigenvalue weighted by Gasteiger charge is -2.38. The minimum absolute atomic E-state index is 0.0755. The van der Waals surface area contributed by atoms with E-state index in [1.165, 1.54) is 9.79 Å². The molecule has 2 aliphatic heterocycles. The largest absolute Gasteiger partial charge is 0.497 e. The molecule has 2 amide bonds. The summed E-state index contributed by atoms with van der Waals surface area (Å²) in [4.78, 5) is 24.5. The van der Waals surface area contributed by atoms with Crippen molar-refractivity contribution in [1.82, 2.24) is 24.6 Å². The Hall–Kier alpha value is -3.49. The molecule has 1 fully saturated rings. The molecular formula is C30H41N5O7S. The maximum Gasteiger partial charge on any atom is 0.243 e. The van der Waals surface area contributed by atoms with Gasteiger partial charge in [-0.25, -0.2) is 13.9 Å². The van der Waals surface area contributed by atoms with Gasteiger partial charge in [-0.2, -0.15) is 4.31 Å². The Bertz CT molecular complexity index is 1500. The highest BCUT2D eigenvalue weighted by molar-refractivity contribution is 7.89. The first-order chi connectivity index (χ1) is 20.6. The Morgan fingerprint density at radius 2 is 1.79 bits per heavy atom. The van der Waals surface area contributed by atoms with Crippen LogP contribution in [-0.2, 0) is 42.9 Å². The molecule has 0 spiro atoms. The molecule has 234 valence electrons. The second-order valence-corrected chi connectivity index (χ2v) is 13.1. The third kappa shape index (κ3) is 7.54. The lowest BCUT2D eigenvalue weighted by atomic mass is 9.80. The molecule has 3 aromatic rings. The van der Waals surface area contributed by atoms with Crippen molar-refractivity contribution >= 4 is 33.2 Å². The standard InChI is InChI=1S/C29H38N4O5S.CH3NO2/c1-29(2)21-32(39(35,36)23-11-9-22(37-3)10-12-23)19-26-28(29)24-7-4-5-8-25(24)33(26)20-27(34)30-13-6-14-31-15-17-38-18-16-31;3-1-2-4/h4-5,7-12H,6,13-21H2,1-3H3,(H,30,34);1,4H,(H,2,3). The highest BCUT2D eigenvalue weighted by atomic mass is 32.2. The van der Waals surface area contributed by atoms with Crippen LogP contribution in [0.1, 0.15) is 31.5 Å². The van der Waals surface area contributed by atoms with Crippen molar-refractivity contribution in [2.24, 2.45) is 0 Å². The van der Waals surface area contributed by atoms with Gasteiger partial charge in [-0.1, -0.05) is 32.0 Å². The van der Waals surface area contributed by atoms with E-state index in [1.54, 1.807) is 31.4 Å². The minimum Gasteiger partial charge on any atom is -0.497 e. The first kappa shape index (κ1) is 32.4. The number of para-hydroxylation sites is 1. The summed E-state index contributed by atoms with van der Waals surface area (Å²) < 4.78 is 41.6. The Labute approximate surface area is 252 Å². The zero-order valence-electron chi connectivity index (χ0n) is 24.9. The lowest BCUT2D eigenvalue weighted by molar-refractivity contribution is -0.121. The van der Waals surface area contributed by atoms with E-state index in [0.717, 1.165) is 61.4 Å². The molecule has 2 aromatic carbocycles. The van der Waals surface area contributed by atoms with Crippen LogP contribution in [0, 0.1) is 0 Å². The third-order valence-corrected chi connectivity index (χ3v) is 9.59. The lowest BCUT2D eigenvalue weighted by Crippen LogP contribution is -2.45. The van der Waals surface area contributed by atoms with Gasteiger partial charge in [0.05, 0.1) is 31.8 Å². The summed E-state index contributed by atoms with van der Waals surface area (Å²) in [7, 11) is -2.21. The number of ether oxygens (including phenoxy) is 2. The molecule has 43 heavy (non-hydrogen) atoms. The molecule has 12 nitrogen and oxygen atoms in total. The van der Waals surface area contributed by atoms with Gasteiger partial charge in [0, 0.05) is 48.2 Å². The number of sulfonamides is 1. The van der Waals surface area contributed by atoms with Crippen LogP contribution in [0.3, 0.4) is 0 Å². The van der Waals surface area contributed by atoms with Gasteiger partial charge >= 0.3 is 0 Å². The van der Waals surface area contributed by atoms with Crippen LogP contribution in [0.15, 0.2) is 53.4 Å². The number of carbonyl (C=O) groups is 2. The number of benzene rings is 2. The van der Waals surface area contributed by atoms with Gasteiger partial charge in [-0.05, 0) is 48.9 Å². The van der Waals surface area contributed by atoms with E-state index < -0.39 is 15.4 Å². The molecule has 1 saturated heterocycles. The first-order valence-electron chi connectivity index (χ1n) is 14.3. The predicted molar refractivity (Wildman–Crippen MR) is 161 cm³/mol. The van der Waals surface area contributed by atoms with E-state index in [4.69, 9.17) is 19.5 Å². The number of aromatic nitrogens is 1. The number of carbonyl (C=O) groups excluding carboxylic acids is 2. The Kier molecular flexibility index (Phi) is 10.8. The molecule has 3 heterocycles. The molecule has 1 aromatic heterocycles. The van der Waals surface area contributed by atoms with E-state index in [1.807, 2.05) is 22.8 Å². The van der Waals surface area contributed by atoms with Crippen molar-refractivity contribution < 1.29 is 32.7 Å². The molecule has 0 saturated carbocycles. The van der Waals surface area contributed by atoms with Crippen LogP contribution in [0.5, 0.6) is 5.75 Å². The summed E-state index contributed by atoms with van der Waals surface area (Å²) in [6, 6.07) is 14.5. The highest BCUT2D eigenvalue weighted by Crippen LogP contribution is 2.42. The van der Waals surface area contributed by atoms with Crippen molar-refractivity contribution in [1.29, 1.82) is 0 Å². The average molecular weight is 616 g/mol. The Balaban J connectivity index is 0.000000996. The topological polar surface area (TPSA) is 142 Å². The fourth-order valence-electron chi connectivity index (χ4n) is 5.82. The van der Waals surface area contributed by atoms with Crippen LogP contribution in [-0.4, -0.2) is 92.8 Å². The fraction of sp³-hybridized carbons (Fsp3) is 0.467. The minimum atomic E-state index is -3.76.